The Morgan fingerprint density at radius 1 is 1.04 bits per heavy atom. The van der Waals surface area contributed by atoms with E-state index in [0.29, 0.717) is 18.0 Å². The summed E-state index contributed by atoms with van der Waals surface area (Å²) in [5, 5.41) is 8.04. The smallest absolute Gasteiger partial charge is 0.321 e. The summed E-state index contributed by atoms with van der Waals surface area (Å²) in [7, 11) is 1.56. The zero-order chi connectivity index (χ0) is 17.4. The minimum absolute atomic E-state index is 0.440. The van der Waals surface area contributed by atoms with Crippen molar-refractivity contribution in [3.63, 3.8) is 0 Å². The van der Waals surface area contributed by atoms with Crippen molar-refractivity contribution in [3.05, 3.63) is 60.2 Å². The molecule has 0 heterocycles. The molecule has 126 valence electrons. The second-order valence-corrected chi connectivity index (χ2v) is 5.04. The Bertz CT molecular complexity index is 689. The van der Waals surface area contributed by atoms with Gasteiger partial charge in [0.15, 0.2) is 0 Å². The van der Waals surface area contributed by atoms with Crippen LogP contribution in [0.15, 0.2) is 54.6 Å². The maximum absolute atomic E-state index is 12.6. The zero-order valence-electron chi connectivity index (χ0n) is 13.7. The van der Waals surface area contributed by atoms with E-state index in [2.05, 4.69) is 16.0 Å². The van der Waals surface area contributed by atoms with E-state index < -0.39 is 18.0 Å². The van der Waals surface area contributed by atoms with Gasteiger partial charge in [-0.25, -0.2) is 4.79 Å². The zero-order valence-corrected chi connectivity index (χ0v) is 13.7. The number of amides is 3. The van der Waals surface area contributed by atoms with Crippen molar-refractivity contribution in [1.29, 1.82) is 0 Å². The topological polar surface area (TPSA) is 79.5 Å². The van der Waals surface area contributed by atoms with Crippen molar-refractivity contribution in [2.24, 2.45) is 0 Å². The quantitative estimate of drug-likeness (QED) is 0.762. The van der Waals surface area contributed by atoms with E-state index in [1.54, 1.807) is 20.1 Å². The molecule has 0 aliphatic carbocycles. The van der Waals surface area contributed by atoms with Gasteiger partial charge >= 0.3 is 6.03 Å². The molecule has 0 saturated carbocycles. The molecule has 0 saturated heterocycles. The highest BCUT2D eigenvalue weighted by molar-refractivity contribution is 5.98. The van der Waals surface area contributed by atoms with Gasteiger partial charge in [-0.15, -0.1) is 0 Å². The average molecular weight is 327 g/mol. The van der Waals surface area contributed by atoms with Gasteiger partial charge in [-0.05, 0) is 24.6 Å². The number of methoxy groups -OCH3 is 1. The lowest BCUT2D eigenvalue weighted by atomic mass is 10.1. The van der Waals surface area contributed by atoms with E-state index >= 15 is 0 Å². The van der Waals surface area contributed by atoms with Crippen LogP contribution in [0.3, 0.4) is 0 Å². The Morgan fingerprint density at radius 3 is 2.38 bits per heavy atom. The maximum atomic E-state index is 12.6. The normalized spacial score (nSPS) is 11.2. The van der Waals surface area contributed by atoms with Gasteiger partial charge in [0.1, 0.15) is 11.8 Å². The molecule has 6 heteroatoms. The molecule has 6 nitrogen and oxygen atoms in total. The first-order chi connectivity index (χ1) is 11.7. The van der Waals surface area contributed by atoms with Crippen LogP contribution in [0.2, 0.25) is 0 Å². The van der Waals surface area contributed by atoms with Crippen molar-refractivity contribution in [2.75, 3.05) is 19.0 Å². The van der Waals surface area contributed by atoms with Gasteiger partial charge in [0.25, 0.3) is 5.91 Å². The Labute approximate surface area is 141 Å². The van der Waals surface area contributed by atoms with Gasteiger partial charge in [-0.1, -0.05) is 42.5 Å². The molecule has 0 fully saturated rings. The summed E-state index contributed by atoms with van der Waals surface area (Å²) in [5.41, 5.74) is 1.41. The molecule has 3 N–H and O–H groups in total. The molecule has 0 unspecified atom stereocenters. The molecule has 1 atom stereocenters. The van der Waals surface area contributed by atoms with Crippen molar-refractivity contribution < 1.29 is 14.3 Å². The molecule has 0 aromatic heterocycles. The summed E-state index contributed by atoms with van der Waals surface area (Å²) in [5.74, 6) is 0.169. The molecule has 0 radical (unpaired) electrons. The molecular formula is C18H21N3O3. The second kappa shape index (κ2) is 8.57. The highest BCUT2D eigenvalue weighted by atomic mass is 16.5. The van der Waals surface area contributed by atoms with Crippen molar-refractivity contribution in [2.45, 2.75) is 13.0 Å². The summed E-state index contributed by atoms with van der Waals surface area (Å²) >= 11 is 0. The van der Waals surface area contributed by atoms with Crippen LogP contribution in [0.5, 0.6) is 5.75 Å². The molecule has 24 heavy (non-hydrogen) atoms. The largest absolute Gasteiger partial charge is 0.495 e. The maximum Gasteiger partial charge on any atom is 0.321 e. The first-order valence-electron chi connectivity index (χ1n) is 7.69. The lowest BCUT2D eigenvalue weighted by Crippen LogP contribution is -2.43. The average Bonchev–Trinajstić information content (AvgIpc) is 2.60. The first-order valence-corrected chi connectivity index (χ1v) is 7.69. The van der Waals surface area contributed by atoms with E-state index in [9.17, 15) is 9.59 Å². The minimum atomic E-state index is -0.731. The molecular weight excluding hydrogens is 306 g/mol. The van der Waals surface area contributed by atoms with Crippen molar-refractivity contribution in [3.8, 4) is 5.75 Å². The number of carbonyl (C=O) groups excluding carboxylic acids is 2. The molecule has 2 rings (SSSR count). The van der Waals surface area contributed by atoms with Crippen LogP contribution in [-0.4, -0.2) is 25.6 Å². The van der Waals surface area contributed by atoms with Crippen molar-refractivity contribution in [1.82, 2.24) is 10.6 Å². The fourth-order valence-corrected chi connectivity index (χ4v) is 2.25. The van der Waals surface area contributed by atoms with Gasteiger partial charge in [0.05, 0.1) is 12.8 Å². The summed E-state index contributed by atoms with van der Waals surface area (Å²) in [6, 6.07) is 15.2. The van der Waals surface area contributed by atoms with Crippen LogP contribution in [0.1, 0.15) is 18.5 Å². The summed E-state index contributed by atoms with van der Waals surface area (Å²) in [6.07, 6.45) is 0. The molecule has 0 aliphatic heterocycles. The number of nitrogens with one attached hydrogen (secondary N) is 3. The van der Waals surface area contributed by atoms with Gasteiger partial charge in [-0.3, -0.25) is 10.1 Å². The van der Waals surface area contributed by atoms with E-state index in [1.165, 1.54) is 0 Å². The van der Waals surface area contributed by atoms with Gasteiger partial charge < -0.3 is 15.4 Å². The number of imide groups is 1. The van der Waals surface area contributed by atoms with Crippen LogP contribution in [0, 0.1) is 0 Å². The number of benzene rings is 2. The lowest BCUT2D eigenvalue weighted by Gasteiger charge is -2.21. The van der Waals surface area contributed by atoms with E-state index in [-0.39, 0.29) is 0 Å². The number of hydrogen-bond acceptors (Lipinski definition) is 4. The molecule has 0 aliphatic rings. The molecule has 0 spiro atoms. The Morgan fingerprint density at radius 2 is 1.71 bits per heavy atom. The van der Waals surface area contributed by atoms with Crippen LogP contribution in [0.4, 0.5) is 10.5 Å². The third-order valence-corrected chi connectivity index (χ3v) is 3.38. The highest BCUT2D eigenvalue weighted by Crippen LogP contribution is 2.28. The predicted molar refractivity (Wildman–Crippen MR) is 93.0 cm³/mol. The van der Waals surface area contributed by atoms with Crippen molar-refractivity contribution >= 4 is 17.6 Å². The summed E-state index contributed by atoms with van der Waals surface area (Å²) in [4.78, 5) is 24.2. The van der Waals surface area contributed by atoms with E-state index in [0.717, 1.165) is 5.56 Å². The van der Waals surface area contributed by atoms with E-state index in [1.807, 2.05) is 48.5 Å². The number of rotatable bonds is 6. The minimum Gasteiger partial charge on any atom is -0.495 e. The number of para-hydroxylation sites is 2. The van der Waals surface area contributed by atoms with Gasteiger partial charge in [-0.2, -0.15) is 0 Å². The number of ether oxygens (including phenoxy) is 1. The number of anilines is 1. The fraction of sp³-hybridized carbons (Fsp3) is 0.222. The molecule has 2 aromatic carbocycles. The predicted octanol–water partition coefficient (Wildman–Crippen LogP) is 2.69. The van der Waals surface area contributed by atoms with Crippen LogP contribution < -0.4 is 20.7 Å². The van der Waals surface area contributed by atoms with Gasteiger partial charge in [0, 0.05) is 6.54 Å². The third kappa shape index (κ3) is 4.49. The Hall–Kier alpha value is -3.02. The molecule has 2 aromatic rings. The van der Waals surface area contributed by atoms with Crippen LogP contribution in [0.25, 0.3) is 0 Å². The first kappa shape index (κ1) is 17.3. The SMILES string of the molecule is CCNC(=O)NC(=O)[C@H](Nc1ccccc1OC)c1ccccc1. The summed E-state index contributed by atoms with van der Waals surface area (Å²) in [6.45, 7) is 2.22. The lowest BCUT2D eigenvalue weighted by molar-refractivity contribution is -0.120. The van der Waals surface area contributed by atoms with Gasteiger partial charge in [0.2, 0.25) is 0 Å². The fourth-order valence-electron chi connectivity index (χ4n) is 2.25. The second-order valence-electron chi connectivity index (χ2n) is 5.04. The number of urea groups is 1. The number of carbonyl (C=O) groups is 2. The van der Waals surface area contributed by atoms with Crippen LogP contribution >= 0.6 is 0 Å². The standard InChI is InChI=1S/C18H21N3O3/c1-3-19-18(23)21-17(22)16(13-9-5-4-6-10-13)20-14-11-7-8-12-15(14)24-2/h4-12,16,20H,3H2,1-2H3,(H2,19,21,22,23)/t16-/m1/s1. The number of hydrogen-bond donors (Lipinski definition) is 3. The van der Waals surface area contributed by atoms with E-state index in [4.69, 9.17) is 4.74 Å². The Balaban J connectivity index is 2.26. The summed E-state index contributed by atoms with van der Waals surface area (Å²) < 4.78 is 5.31. The third-order valence-electron chi connectivity index (χ3n) is 3.38. The van der Waals surface area contributed by atoms with Crippen LogP contribution in [-0.2, 0) is 4.79 Å². The highest BCUT2D eigenvalue weighted by Gasteiger charge is 2.23. The monoisotopic (exact) mass is 327 g/mol. The molecule has 3 amide bonds. The Kier molecular flexibility index (Phi) is 6.19. The molecule has 0 bridgehead atoms.